The molecule has 110 valence electrons. The van der Waals surface area contributed by atoms with E-state index in [1.165, 1.54) is 38.5 Å². The number of carbonyl (C=O) groups excluding carboxylic acids is 1. The van der Waals surface area contributed by atoms with E-state index in [-0.39, 0.29) is 0 Å². The molecule has 1 aromatic rings. The van der Waals surface area contributed by atoms with Gasteiger partial charge in [0.15, 0.2) is 0 Å². The number of aliphatic hydroxyl groups is 1. The molecular weight excluding hydrogens is 244 g/mol. The Kier molecular flexibility index (Phi) is 10.9. The number of carboxylic acids is 1. The maximum Gasteiger partial charge on any atom is 0.241 e. The van der Waals surface area contributed by atoms with Gasteiger partial charge in [-0.25, -0.2) is 4.57 Å². The number of aromatic amines is 1. The third-order valence-corrected chi connectivity index (χ3v) is 2.71. The molecule has 0 saturated carbocycles. The summed E-state index contributed by atoms with van der Waals surface area (Å²) >= 11 is 0. The van der Waals surface area contributed by atoms with E-state index in [1.54, 1.807) is 0 Å². The van der Waals surface area contributed by atoms with Crippen LogP contribution in [-0.4, -0.2) is 22.2 Å². The van der Waals surface area contributed by atoms with E-state index >= 15 is 0 Å². The first-order valence-corrected chi connectivity index (χ1v) is 6.98. The Balaban J connectivity index is 0.000000459. The number of carboxylic acid groups (broad SMARTS) is 1. The number of carbonyl (C=O) groups is 1. The van der Waals surface area contributed by atoms with Crippen LogP contribution in [0.4, 0.5) is 0 Å². The van der Waals surface area contributed by atoms with E-state index < -0.39 is 12.1 Å². The smallest absolute Gasteiger partial charge is 0.241 e. The number of aromatic nitrogens is 2. The Labute approximate surface area is 115 Å². The van der Waals surface area contributed by atoms with Gasteiger partial charge in [-0.15, -0.1) is 0 Å². The molecule has 0 aliphatic rings. The SMILES string of the molecule is CC(O)C(=O)[O-].CCCCCCCC[n+]1cc[nH]c1. The van der Waals surface area contributed by atoms with Crippen molar-refractivity contribution in [2.24, 2.45) is 0 Å². The minimum Gasteiger partial charge on any atom is -0.547 e. The molecule has 0 radical (unpaired) electrons. The molecule has 19 heavy (non-hydrogen) atoms. The molecule has 0 aromatic carbocycles. The Bertz CT molecular complexity index is 311. The highest BCUT2D eigenvalue weighted by molar-refractivity contribution is 5.68. The van der Waals surface area contributed by atoms with Crippen LogP contribution in [0.1, 0.15) is 52.4 Å². The highest BCUT2D eigenvalue weighted by Gasteiger charge is 1.95. The summed E-state index contributed by atoms with van der Waals surface area (Å²) in [6.45, 7) is 4.56. The van der Waals surface area contributed by atoms with Crippen molar-refractivity contribution >= 4 is 5.97 Å². The van der Waals surface area contributed by atoms with Gasteiger partial charge < -0.3 is 15.0 Å². The second-order valence-electron chi connectivity index (χ2n) is 4.61. The monoisotopic (exact) mass is 270 g/mol. The molecule has 1 heterocycles. The van der Waals surface area contributed by atoms with Crippen LogP contribution in [0.15, 0.2) is 18.7 Å². The first-order chi connectivity index (χ1) is 9.07. The van der Waals surface area contributed by atoms with E-state index in [4.69, 9.17) is 5.11 Å². The predicted molar refractivity (Wildman–Crippen MR) is 71.1 cm³/mol. The van der Waals surface area contributed by atoms with E-state index in [0.29, 0.717) is 0 Å². The highest BCUT2D eigenvalue weighted by Crippen LogP contribution is 2.04. The molecule has 1 atom stereocenters. The molecule has 0 bridgehead atoms. The van der Waals surface area contributed by atoms with Crippen molar-refractivity contribution in [2.45, 2.75) is 65.0 Å². The maximum absolute atomic E-state index is 9.34. The third kappa shape index (κ3) is 11.5. The summed E-state index contributed by atoms with van der Waals surface area (Å²) in [6, 6.07) is 0. The Morgan fingerprint density at radius 3 is 2.37 bits per heavy atom. The van der Waals surface area contributed by atoms with Gasteiger partial charge in [0.1, 0.15) is 12.4 Å². The number of aryl methyl sites for hydroxylation is 1. The summed E-state index contributed by atoms with van der Waals surface area (Å²) in [7, 11) is 0. The average Bonchev–Trinajstić information content (AvgIpc) is 2.87. The molecule has 2 N–H and O–H groups in total. The molecule has 5 nitrogen and oxygen atoms in total. The molecular formula is C14H26N2O3. The van der Waals surface area contributed by atoms with E-state index in [0.717, 1.165) is 13.5 Å². The molecule has 0 aliphatic heterocycles. The minimum atomic E-state index is -1.44. The zero-order valence-corrected chi connectivity index (χ0v) is 12.0. The van der Waals surface area contributed by atoms with Crippen molar-refractivity contribution in [3.63, 3.8) is 0 Å². The van der Waals surface area contributed by atoms with Gasteiger partial charge in [0, 0.05) is 0 Å². The molecule has 0 spiro atoms. The van der Waals surface area contributed by atoms with Crippen LogP contribution in [0.3, 0.4) is 0 Å². The number of aliphatic hydroxyl groups excluding tert-OH is 1. The lowest BCUT2D eigenvalue weighted by Crippen LogP contribution is -2.32. The number of rotatable bonds is 8. The first-order valence-electron chi connectivity index (χ1n) is 6.98. The van der Waals surface area contributed by atoms with Gasteiger partial charge in [-0.3, -0.25) is 4.98 Å². The summed E-state index contributed by atoms with van der Waals surface area (Å²) in [5, 5.41) is 17.3. The molecule has 1 unspecified atom stereocenters. The molecule has 0 amide bonds. The van der Waals surface area contributed by atoms with Gasteiger partial charge in [-0.05, 0) is 19.8 Å². The summed E-state index contributed by atoms with van der Waals surface area (Å²) < 4.78 is 2.21. The van der Waals surface area contributed by atoms with Crippen molar-refractivity contribution in [3.05, 3.63) is 18.7 Å². The standard InChI is InChI=1S/C11H20N2.C3H6O3/c1-2-3-4-5-6-7-9-13-10-8-12-11-13;1-2(4)3(5)6/h8,10-11H,2-7,9H2,1H3;2,4H,1H3,(H,5,6). The predicted octanol–water partition coefficient (Wildman–Crippen LogP) is 0.780. The van der Waals surface area contributed by atoms with E-state index in [1.807, 2.05) is 12.5 Å². The van der Waals surface area contributed by atoms with Crippen molar-refractivity contribution in [1.82, 2.24) is 4.98 Å². The number of H-pyrrole nitrogens is 1. The number of imidazole rings is 1. The fourth-order valence-corrected chi connectivity index (χ4v) is 1.53. The number of aliphatic carboxylic acids is 1. The number of hydrogen-bond acceptors (Lipinski definition) is 3. The number of unbranched alkanes of at least 4 members (excludes halogenated alkanes) is 5. The van der Waals surface area contributed by atoms with Crippen molar-refractivity contribution in [1.29, 1.82) is 0 Å². The van der Waals surface area contributed by atoms with Crippen LogP contribution in [0.25, 0.3) is 0 Å². The van der Waals surface area contributed by atoms with Crippen LogP contribution in [0, 0.1) is 0 Å². The van der Waals surface area contributed by atoms with E-state index in [2.05, 4.69) is 22.7 Å². The Hall–Kier alpha value is -1.36. The van der Waals surface area contributed by atoms with Gasteiger partial charge in [0.05, 0.1) is 18.6 Å². The van der Waals surface area contributed by atoms with Gasteiger partial charge >= 0.3 is 0 Å². The highest BCUT2D eigenvalue weighted by atomic mass is 16.4. The van der Waals surface area contributed by atoms with Crippen LogP contribution in [-0.2, 0) is 11.3 Å². The van der Waals surface area contributed by atoms with Crippen molar-refractivity contribution in [3.8, 4) is 0 Å². The van der Waals surface area contributed by atoms with Crippen molar-refractivity contribution in [2.75, 3.05) is 0 Å². The average molecular weight is 270 g/mol. The summed E-state index contributed by atoms with van der Waals surface area (Å²) in [6.07, 6.45) is 13.0. The zero-order chi connectivity index (χ0) is 14.5. The summed E-state index contributed by atoms with van der Waals surface area (Å²) in [4.78, 5) is 12.4. The van der Waals surface area contributed by atoms with Crippen LogP contribution in [0.2, 0.25) is 0 Å². The van der Waals surface area contributed by atoms with Crippen LogP contribution < -0.4 is 9.67 Å². The second kappa shape index (κ2) is 11.7. The second-order valence-corrected chi connectivity index (χ2v) is 4.61. The van der Waals surface area contributed by atoms with Gasteiger partial charge in [-0.1, -0.05) is 32.6 Å². The summed E-state index contributed by atoms with van der Waals surface area (Å²) in [5.74, 6) is -1.44. The van der Waals surface area contributed by atoms with E-state index in [9.17, 15) is 9.90 Å². The van der Waals surface area contributed by atoms with Gasteiger partial charge in [-0.2, -0.15) is 0 Å². The molecule has 0 saturated heterocycles. The van der Waals surface area contributed by atoms with Crippen molar-refractivity contribution < 1.29 is 19.6 Å². The molecule has 0 aliphatic carbocycles. The normalized spacial score (nSPS) is 11.5. The number of hydrogen-bond donors (Lipinski definition) is 2. The fourth-order valence-electron chi connectivity index (χ4n) is 1.53. The quantitative estimate of drug-likeness (QED) is 0.541. The Morgan fingerprint density at radius 2 is 1.89 bits per heavy atom. The van der Waals surface area contributed by atoms with Crippen LogP contribution >= 0.6 is 0 Å². The largest absolute Gasteiger partial charge is 0.547 e. The molecule has 0 fully saturated rings. The number of nitrogens with zero attached hydrogens (tertiary/aromatic N) is 1. The zero-order valence-electron chi connectivity index (χ0n) is 12.0. The first kappa shape index (κ1) is 17.6. The lowest BCUT2D eigenvalue weighted by atomic mass is 10.1. The lowest BCUT2D eigenvalue weighted by molar-refractivity contribution is -0.696. The lowest BCUT2D eigenvalue weighted by Gasteiger charge is -2.00. The molecule has 5 heteroatoms. The molecule has 1 aromatic heterocycles. The Morgan fingerprint density at radius 1 is 1.32 bits per heavy atom. The third-order valence-electron chi connectivity index (χ3n) is 2.71. The molecule has 1 rings (SSSR count). The fraction of sp³-hybridized carbons (Fsp3) is 0.714. The van der Waals surface area contributed by atoms with Crippen LogP contribution in [0.5, 0.6) is 0 Å². The van der Waals surface area contributed by atoms with Gasteiger partial charge in [0.25, 0.3) is 0 Å². The minimum absolute atomic E-state index is 1.13. The maximum atomic E-state index is 9.34. The topological polar surface area (TPSA) is 80.0 Å². The van der Waals surface area contributed by atoms with Gasteiger partial charge in [0.2, 0.25) is 6.33 Å². The number of nitrogens with one attached hydrogen (secondary N) is 1. The summed E-state index contributed by atoms with van der Waals surface area (Å²) in [5.41, 5.74) is 0.